The molecule has 0 radical (unpaired) electrons. The maximum absolute atomic E-state index is 4.23. The SMILES string of the molecule is Cc1c(CNc2cc(I)ccc2Br)cnn1C. The van der Waals surface area contributed by atoms with Gasteiger partial charge in [0.2, 0.25) is 0 Å². The van der Waals surface area contributed by atoms with Crippen molar-refractivity contribution in [1.82, 2.24) is 9.78 Å². The summed E-state index contributed by atoms with van der Waals surface area (Å²) in [6.07, 6.45) is 1.91. The lowest BCUT2D eigenvalue weighted by Crippen LogP contribution is -2.02. The van der Waals surface area contributed by atoms with Gasteiger partial charge in [0, 0.05) is 38.6 Å². The fourth-order valence-electron chi connectivity index (χ4n) is 1.54. The molecule has 2 aromatic rings. The first-order valence-corrected chi connectivity index (χ1v) is 7.11. The van der Waals surface area contributed by atoms with Crippen LogP contribution in [0, 0.1) is 10.5 Å². The average Bonchev–Trinajstić information content (AvgIpc) is 2.62. The Morgan fingerprint density at radius 1 is 1.47 bits per heavy atom. The molecule has 1 heterocycles. The molecule has 17 heavy (non-hydrogen) atoms. The molecule has 0 unspecified atom stereocenters. The van der Waals surface area contributed by atoms with Crippen molar-refractivity contribution in [3.8, 4) is 0 Å². The van der Waals surface area contributed by atoms with Gasteiger partial charge in [-0.25, -0.2) is 0 Å². The highest BCUT2D eigenvalue weighted by Crippen LogP contribution is 2.25. The topological polar surface area (TPSA) is 29.9 Å². The lowest BCUT2D eigenvalue weighted by atomic mass is 10.2. The van der Waals surface area contributed by atoms with Crippen LogP contribution in [0.15, 0.2) is 28.9 Å². The summed E-state index contributed by atoms with van der Waals surface area (Å²) in [5.74, 6) is 0. The standard InChI is InChI=1S/C12H13BrIN3/c1-8-9(7-16-17(8)2)6-15-12-5-10(14)3-4-11(12)13/h3-5,7,15H,6H2,1-2H3. The van der Waals surface area contributed by atoms with Crippen molar-refractivity contribution < 1.29 is 0 Å². The van der Waals surface area contributed by atoms with Crippen LogP contribution < -0.4 is 5.32 Å². The summed E-state index contributed by atoms with van der Waals surface area (Å²) in [6.45, 7) is 2.87. The molecular weight excluding hydrogens is 393 g/mol. The normalized spacial score (nSPS) is 10.6. The summed E-state index contributed by atoms with van der Waals surface area (Å²) < 4.78 is 4.19. The molecule has 90 valence electrons. The second kappa shape index (κ2) is 5.39. The smallest absolute Gasteiger partial charge is 0.0542 e. The van der Waals surface area contributed by atoms with E-state index in [9.17, 15) is 0 Å². The number of aromatic nitrogens is 2. The van der Waals surface area contributed by atoms with E-state index in [1.807, 2.05) is 17.9 Å². The van der Waals surface area contributed by atoms with Gasteiger partial charge < -0.3 is 5.32 Å². The number of anilines is 1. The third-order valence-electron chi connectivity index (χ3n) is 2.73. The number of nitrogens with one attached hydrogen (secondary N) is 1. The van der Waals surface area contributed by atoms with E-state index in [2.05, 4.69) is 74.1 Å². The molecule has 1 N–H and O–H groups in total. The van der Waals surface area contributed by atoms with Crippen LogP contribution in [0.1, 0.15) is 11.3 Å². The molecule has 0 saturated carbocycles. The van der Waals surface area contributed by atoms with Crippen LogP contribution in [0.2, 0.25) is 0 Å². The van der Waals surface area contributed by atoms with Crippen LogP contribution in [-0.4, -0.2) is 9.78 Å². The predicted molar refractivity (Wildman–Crippen MR) is 82.1 cm³/mol. The first-order chi connectivity index (χ1) is 8.08. The fourth-order valence-corrected chi connectivity index (χ4v) is 2.42. The van der Waals surface area contributed by atoms with Gasteiger partial charge in [-0.2, -0.15) is 5.10 Å². The monoisotopic (exact) mass is 405 g/mol. The Morgan fingerprint density at radius 3 is 2.88 bits per heavy atom. The lowest BCUT2D eigenvalue weighted by molar-refractivity contribution is 0.738. The average molecular weight is 406 g/mol. The predicted octanol–water partition coefficient (Wildman–Crippen LogP) is 3.71. The number of hydrogen-bond donors (Lipinski definition) is 1. The Kier molecular flexibility index (Phi) is 4.09. The van der Waals surface area contributed by atoms with E-state index in [-0.39, 0.29) is 0 Å². The number of benzene rings is 1. The zero-order valence-electron chi connectivity index (χ0n) is 9.67. The maximum atomic E-state index is 4.23. The Hall–Kier alpha value is -0.560. The molecule has 0 saturated heterocycles. The minimum atomic E-state index is 0.790. The molecule has 5 heteroatoms. The van der Waals surface area contributed by atoms with Crippen molar-refractivity contribution in [3.63, 3.8) is 0 Å². The van der Waals surface area contributed by atoms with Crippen LogP contribution in [0.25, 0.3) is 0 Å². The van der Waals surface area contributed by atoms with E-state index in [0.29, 0.717) is 0 Å². The first kappa shape index (κ1) is 12.9. The third-order valence-corrected chi connectivity index (χ3v) is 4.10. The van der Waals surface area contributed by atoms with E-state index in [1.54, 1.807) is 0 Å². The maximum Gasteiger partial charge on any atom is 0.0542 e. The second-order valence-electron chi connectivity index (χ2n) is 3.86. The van der Waals surface area contributed by atoms with E-state index in [0.717, 1.165) is 16.7 Å². The molecular formula is C12H13BrIN3. The van der Waals surface area contributed by atoms with Crippen LogP contribution in [0.3, 0.4) is 0 Å². The molecule has 0 fully saturated rings. The molecule has 0 bridgehead atoms. The van der Waals surface area contributed by atoms with Crippen LogP contribution in [0.4, 0.5) is 5.69 Å². The van der Waals surface area contributed by atoms with Gasteiger partial charge in [-0.1, -0.05) is 0 Å². The molecule has 0 amide bonds. The minimum absolute atomic E-state index is 0.790. The number of rotatable bonds is 3. The van der Waals surface area contributed by atoms with Crippen LogP contribution in [-0.2, 0) is 13.6 Å². The van der Waals surface area contributed by atoms with Gasteiger partial charge in [0.05, 0.1) is 6.20 Å². The van der Waals surface area contributed by atoms with Gasteiger partial charge in [0.1, 0.15) is 0 Å². The molecule has 0 aliphatic heterocycles. The quantitative estimate of drug-likeness (QED) is 0.789. The highest BCUT2D eigenvalue weighted by atomic mass is 127. The molecule has 0 aliphatic rings. The third kappa shape index (κ3) is 3.01. The van der Waals surface area contributed by atoms with Crippen molar-refractivity contribution in [2.24, 2.45) is 7.05 Å². The Bertz CT molecular complexity index is 537. The summed E-state index contributed by atoms with van der Waals surface area (Å²) in [7, 11) is 1.96. The second-order valence-corrected chi connectivity index (χ2v) is 5.96. The summed E-state index contributed by atoms with van der Waals surface area (Å²) in [4.78, 5) is 0. The summed E-state index contributed by atoms with van der Waals surface area (Å²) >= 11 is 5.85. The van der Waals surface area contributed by atoms with Crippen molar-refractivity contribution in [2.45, 2.75) is 13.5 Å². The van der Waals surface area contributed by atoms with Crippen molar-refractivity contribution in [3.05, 3.63) is 43.7 Å². The molecule has 2 rings (SSSR count). The highest BCUT2D eigenvalue weighted by Gasteiger charge is 2.05. The van der Waals surface area contributed by atoms with Gasteiger partial charge in [0.25, 0.3) is 0 Å². The van der Waals surface area contributed by atoms with E-state index < -0.39 is 0 Å². The Balaban J connectivity index is 2.12. The van der Waals surface area contributed by atoms with Crippen LogP contribution >= 0.6 is 38.5 Å². The molecule has 0 aliphatic carbocycles. The molecule has 0 spiro atoms. The zero-order chi connectivity index (χ0) is 12.4. The molecule has 1 aromatic carbocycles. The number of hydrogen-bond acceptors (Lipinski definition) is 2. The summed E-state index contributed by atoms with van der Waals surface area (Å²) in [5.41, 5.74) is 3.53. The number of halogens is 2. The molecule has 3 nitrogen and oxygen atoms in total. The van der Waals surface area contributed by atoms with E-state index in [1.165, 1.54) is 14.8 Å². The Labute approximate surface area is 123 Å². The van der Waals surface area contributed by atoms with Crippen molar-refractivity contribution in [2.75, 3.05) is 5.32 Å². The molecule has 1 aromatic heterocycles. The highest BCUT2D eigenvalue weighted by molar-refractivity contribution is 14.1. The summed E-state index contributed by atoms with van der Waals surface area (Å²) in [5, 5.41) is 7.65. The van der Waals surface area contributed by atoms with E-state index >= 15 is 0 Å². The van der Waals surface area contributed by atoms with Crippen molar-refractivity contribution >= 4 is 44.2 Å². The van der Waals surface area contributed by atoms with Gasteiger partial charge in [-0.15, -0.1) is 0 Å². The van der Waals surface area contributed by atoms with Crippen molar-refractivity contribution in [1.29, 1.82) is 0 Å². The summed E-state index contributed by atoms with van der Waals surface area (Å²) in [6, 6.07) is 6.25. The van der Waals surface area contributed by atoms with Gasteiger partial charge in [-0.3, -0.25) is 4.68 Å². The minimum Gasteiger partial charge on any atom is -0.380 e. The number of nitrogens with zero attached hydrogens (tertiary/aromatic N) is 2. The van der Waals surface area contributed by atoms with Gasteiger partial charge in [-0.05, 0) is 63.6 Å². The number of aryl methyl sites for hydroxylation is 1. The first-order valence-electron chi connectivity index (χ1n) is 5.24. The lowest BCUT2D eigenvalue weighted by Gasteiger charge is -2.08. The largest absolute Gasteiger partial charge is 0.380 e. The van der Waals surface area contributed by atoms with E-state index in [4.69, 9.17) is 0 Å². The van der Waals surface area contributed by atoms with Crippen LogP contribution in [0.5, 0.6) is 0 Å². The fraction of sp³-hybridized carbons (Fsp3) is 0.250. The Morgan fingerprint density at radius 2 is 2.24 bits per heavy atom. The van der Waals surface area contributed by atoms with Gasteiger partial charge in [0.15, 0.2) is 0 Å². The zero-order valence-corrected chi connectivity index (χ0v) is 13.4. The van der Waals surface area contributed by atoms with Gasteiger partial charge >= 0.3 is 0 Å². The molecule has 0 atom stereocenters.